The van der Waals surface area contributed by atoms with Crippen molar-refractivity contribution < 1.29 is 9.53 Å². The van der Waals surface area contributed by atoms with Crippen LogP contribution in [0.3, 0.4) is 0 Å². The third-order valence-corrected chi connectivity index (χ3v) is 2.52. The fourth-order valence-corrected chi connectivity index (χ4v) is 1.48. The van der Waals surface area contributed by atoms with Gasteiger partial charge in [-0.2, -0.15) is 0 Å². The summed E-state index contributed by atoms with van der Waals surface area (Å²) in [5.74, 6) is -0.0467. The van der Waals surface area contributed by atoms with Gasteiger partial charge in [0.25, 0.3) is 5.91 Å². The van der Waals surface area contributed by atoms with E-state index in [1.165, 1.54) is 0 Å². The lowest BCUT2D eigenvalue weighted by atomic mass is 10.3. The van der Waals surface area contributed by atoms with E-state index in [0.717, 1.165) is 26.1 Å². The van der Waals surface area contributed by atoms with E-state index in [2.05, 4.69) is 15.2 Å². The maximum atomic E-state index is 11.5. The number of methoxy groups -OCH3 is 1. The number of aromatic nitrogens is 1. The summed E-state index contributed by atoms with van der Waals surface area (Å²) in [7, 11) is 3.75. The molecule has 0 aromatic carbocycles. The number of H-pyrrole nitrogens is 1. The largest absolute Gasteiger partial charge is 0.383 e. The smallest absolute Gasteiger partial charge is 0.267 e. The second-order valence-corrected chi connectivity index (χ2v) is 3.99. The molecule has 1 heterocycles. The van der Waals surface area contributed by atoms with Gasteiger partial charge in [0.15, 0.2) is 0 Å². The van der Waals surface area contributed by atoms with E-state index in [0.29, 0.717) is 12.2 Å². The molecule has 0 spiro atoms. The van der Waals surface area contributed by atoms with Crippen molar-refractivity contribution in [1.82, 2.24) is 15.2 Å². The number of hydrogen-bond acceptors (Lipinski definition) is 3. The lowest BCUT2D eigenvalue weighted by molar-refractivity contribution is 0.0946. The highest BCUT2D eigenvalue weighted by atomic mass is 16.5. The van der Waals surface area contributed by atoms with Crippen molar-refractivity contribution in [2.75, 3.05) is 40.4 Å². The number of nitrogens with zero attached hydrogens (tertiary/aromatic N) is 1. The van der Waals surface area contributed by atoms with Crippen molar-refractivity contribution in [3.63, 3.8) is 0 Å². The van der Waals surface area contributed by atoms with E-state index in [1.807, 2.05) is 13.1 Å². The SMILES string of the molecule is COCCN(C)CCCNC(=O)c1ccc[nH]1. The molecule has 96 valence electrons. The molecule has 0 bridgehead atoms. The Morgan fingerprint density at radius 3 is 3.00 bits per heavy atom. The van der Waals surface area contributed by atoms with E-state index >= 15 is 0 Å². The van der Waals surface area contributed by atoms with Gasteiger partial charge >= 0.3 is 0 Å². The molecular weight excluding hydrogens is 218 g/mol. The van der Waals surface area contributed by atoms with Gasteiger partial charge < -0.3 is 19.9 Å². The highest BCUT2D eigenvalue weighted by molar-refractivity contribution is 5.92. The Bertz CT molecular complexity index is 312. The lowest BCUT2D eigenvalue weighted by Crippen LogP contribution is -2.29. The van der Waals surface area contributed by atoms with Crippen molar-refractivity contribution >= 4 is 5.91 Å². The van der Waals surface area contributed by atoms with Crippen LogP contribution in [0, 0.1) is 0 Å². The Kier molecular flexibility index (Phi) is 6.35. The van der Waals surface area contributed by atoms with Gasteiger partial charge in [-0.3, -0.25) is 4.79 Å². The third-order valence-electron chi connectivity index (χ3n) is 2.52. The minimum absolute atomic E-state index is 0.0467. The number of nitrogens with one attached hydrogen (secondary N) is 2. The van der Waals surface area contributed by atoms with Crippen LogP contribution in [-0.4, -0.2) is 56.2 Å². The molecule has 0 fully saturated rings. The van der Waals surface area contributed by atoms with Gasteiger partial charge in [0.2, 0.25) is 0 Å². The Morgan fingerprint density at radius 2 is 2.35 bits per heavy atom. The minimum Gasteiger partial charge on any atom is -0.383 e. The first-order valence-corrected chi connectivity index (χ1v) is 5.83. The van der Waals surface area contributed by atoms with Crippen LogP contribution in [0.25, 0.3) is 0 Å². The average Bonchev–Trinajstić information content (AvgIpc) is 2.85. The van der Waals surface area contributed by atoms with Gasteiger partial charge in [0.1, 0.15) is 5.69 Å². The summed E-state index contributed by atoms with van der Waals surface area (Å²) < 4.78 is 4.99. The summed E-state index contributed by atoms with van der Waals surface area (Å²) in [5, 5.41) is 2.87. The van der Waals surface area contributed by atoms with Crippen LogP contribution in [0.2, 0.25) is 0 Å². The minimum atomic E-state index is -0.0467. The second-order valence-electron chi connectivity index (χ2n) is 3.99. The first-order chi connectivity index (χ1) is 8.24. The number of ether oxygens (including phenoxy) is 1. The molecular formula is C12H21N3O2. The van der Waals surface area contributed by atoms with Crippen molar-refractivity contribution in [3.05, 3.63) is 24.0 Å². The molecule has 1 aromatic rings. The molecule has 0 radical (unpaired) electrons. The summed E-state index contributed by atoms with van der Waals surface area (Å²) in [5.41, 5.74) is 0.609. The van der Waals surface area contributed by atoms with Crippen molar-refractivity contribution in [2.45, 2.75) is 6.42 Å². The maximum absolute atomic E-state index is 11.5. The standard InChI is InChI=1S/C12H21N3O2/c1-15(9-10-17-2)8-4-7-14-12(16)11-5-3-6-13-11/h3,5-6,13H,4,7-10H2,1-2H3,(H,14,16). The van der Waals surface area contributed by atoms with Gasteiger partial charge in [0, 0.05) is 26.4 Å². The van der Waals surface area contributed by atoms with E-state index in [4.69, 9.17) is 4.74 Å². The number of hydrogen-bond donors (Lipinski definition) is 2. The molecule has 0 atom stereocenters. The number of amides is 1. The highest BCUT2D eigenvalue weighted by Crippen LogP contribution is 1.94. The Hall–Kier alpha value is -1.33. The van der Waals surface area contributed by atoms with Crippen LogP contribution in [-0.2, 0) is 4.74 Å². The van der Waals surface area contributed by atoms with Gasteiger partial charge in [-0.15, -0.1) is 0 Å². The summed E-state index contributed by atoms with van der Waals surface area (Å²) in [4.78, 5) is 16.6. The van der Waals surface area contributed by atoms with Crippen molar-refractivity contribution in [3.8, 4) is 0 Å². The first kappa shape index (κ1) is 13.7. The fourth-order valence-electron chi connectivity index (χ4n) is 1.48. The summed E-state index contributed by atoms with van der Waals surface area (Å²) in [6.07, 6.45) is 2.68. The Morgan fingerprint density at radius 1 is 1.53 bits per heavy atom. The number of carbonyl (C=O) groups is 1. The zero-order valence-corrected chi connectivity index (χ0v) is 10.5. The molecule has 2 N–H and O–H groups in total. The molecule has 5 heteroatoms. The third kappa shape index (κ3) is 5.51. The molecule has 0 saturated carbocycles. The molecule has 0 aliphatic rings. The van der Waals surface area contributed by atoms with Crippen LogP contribution in [0.4, 0.5) is 0 Å². The molecule has 5 nitrogen and oxygen atoms in total. The maximum Gasteiger partial charge on any atom is 0.267 e. The van der Waals surface area contributed by atoms with Gasteiger partial charge in [0.05, 0.1) is 6.61 Å². The lowest BCUT2D eigenvalue weighted by Gasteiger charge is -2.15. The van der Waals surface area contributed by atoms with E-state index < -0.39 is 0 Å². The molecule has 0 saturated heterocycles. The number of carbonyl (C=O) groups excluding carboxylic acids is 1. The van der Waals surface area contributed by atoms with Crippen LogP contribution in [0.5, 0.6) is 0 Å². The van der Waals surface area contributed by atoms with E-state index in [1.54, 1.807) is 19.4 Å². The first-order valence-electron chi connectivity index (χ1n) is 5.83. The van der Waals surface area contributed by atoms with E-state index in [-0.39, 0.29) is 5.91 Å². The van der Waals surface area contributed by atoms with Crippen molar-refractivity contribution in [1.29, 1.82) is 0 Å². The number of likely N-dealkylation sites (N-methyl/N-ethyl adjacent to an activating group) is 1. The van der Waals surface area contributed by atoms with Crippen molar-refractivity contribution in [2.24, 2.45) is 0 Å². The normalized spacial score (nSPS) is 10.8. The van der Waals surface area contributed by atoms with Crippen LogP contribution in [0.1, 0.15) is 16.9 Å². The molecule has 1 amide bonds. The van der Waals surface area contributed by atoms with Gasteiger partial charge in [-0.1, -0.05) is 0 Å². The van der Waals surface area contributed by atoms with Crippen LogP contribution >= 0.6 is 0 Å². The summed E-state index contributed by atoms with van der Waals surface area (Å²) in [6, 6.07) is 3.58. The molecule has 0 aliphatic heterocycles. The molecule has 1 rings (SSSR count). The monoisotopic (exact) mass is 239 g/mol. The fraction of sp³-hybridized carbons (Fsp3) is 0.583. The number of rotatable bonds is 8. The second kappa shape index (κ2) is 7.86. The van der Waals surface area contributed by atoms with Crippen LogP contribution in [0.15, 0.2) is 18.3 Å². The predicted molar refractivity (Wildman–Crippen MR) is 67.1 cm³/mol. The number of aromatic amines is 1. The van der Waals surface area contributed by atoms with Gasteiger partial charge in [-0.05, 0) is 32.1 Å². The quantitative estimate of drug-likeness (QED) is 0.657. The Balaban J connectivity index is 2.06. The van der Waals surface area contributed by atoms with Gasteiger partial charge in [-0.25, -0.2) is 0 Å². The topological polar surface area (TPSA) is 57.4 Å². The molecule has 0 aliphatic carbocycles. The summed E-state index contributed by atoms with van der Waals surface area (Å²) >= 11 is 0. The highest BCUT2D eigenvalue weighted by Gasteiger charge is 2.04. The summed E-state index contributed by atoms with van der Waals surface area (Å²) in [6.45, 7) is 3.30. The Labute approximate surface area is 102 Å². The molecule has 17 heavy (non-hydrogen) atoms. The van der Waals surface area contributed by atoms with Crippen LogP contribution < -0.4 is 5.32 Å². The predicted octanol–water partition coefficient (Wildman–Crippen LogP) is 0.713. The zero-order valence-electron chi connectivity index (χ0n) is 10.5. The molecule has 1 aromatic heterocycles. The zero-order chi connectivity index (χ0) is 12.5. The average molecular weight is 239 g/mol. The van der Waals surface area contributed by atoms with E-state index in [9.17, 15) is 4.79 Å². The molecule has 0 unspecified atom stereocenters.